The van der Waals surface area contributed by atoms with E-state index in [2.05, 4.69) is 10.6 Å². The van der Waals surface area contributed by atoms with Crippen molar-refractivity contribution in [2.75, 3.05) is 13.1 Å². The SMILES string of the molecule is CC1NCCN1N=O. The van der Waals surface area contributed by atoms with Crippen LogP contribution in [0, 0.1) is 4.91 Å². The van der Waals surface area contributed by atoms with Gasteiger partial charge in [0.05, 0.1) is 18.0 Å². The van der Waals surface area contributed by atoms with Crippen LogP contribution in [-0.4, -0.2) is 24.3 Å². The van der Waals surface area contributed by atoms with Crippen LogP contribution in [-0.2, 0) is 0 Å². The van der Waals surface area contributed by atoms with E-state index in [0.717, 1.165) is 13.1 Å². The summed E-state index contributed by atoms with van der Waals surface area (Å²) < 4.78 is 0. The van der Waals surface area contributed by atoms with Gasteiger partial charge in [-0.1, -0.05) is 0 Å². The Kier molecular flexibility index (Phi) is 1.43. The lowest BCUT2D eigenvalue weighted by Gasteiger charge is -2.10. The molecule has 4 nitrogen and oxygen atoms in total. The molecule has 0 aromatic carbocycles. The van der Waals surface area contributed by atoms with E-state index in [-0.39, 0.29) is 6.17 Å². The molecule has 1 atom stereocenters. The first-order valence-corrected chi connectivity index (χ1v) is 2.68. The van der Waals surface area contributed by atoms with Gasteiger partial charge in [-0.05, 0) is 6.92 Å². The minimum absolute atomic E-state index is 0.132. The first-order chi connectivity index (χ1) is 3.84. The van der Waals surface area contributed by atoms with Crippen molar-refractivity contribution in [3.8, 4) is 0 Å². The third kappa shape index (κ3) is 0.790. The number of hydrogen-bond acceptors (Lipinski definition) is 3. The van der Waals surface area contributed by atoms with Crippen LogP contribution in [0.25, 0.3) is 0 Å². The van der Waals surface area contributed by atoms with Crippen LogP contribution >= 0.6 is 0 Å². The zero-order valence-corrected chi connectivity index (χ0v) is 4.79. The lowest BCUT2D eigenvalue weighted by atomic mass is 10.6. The highest BCUT2D eigenvalue weighted by Crippen LogP contribution is 2.00. The van der Waals surface area contributed by atoms with E-state index < -0.39 is 0 Å². The zero-order valence-electron chi connectivity index (χ0n) is 4.79. The Bertz CT molecular complexity index is 95.3. The Hall–Kier alpha value is -0.640. The number of nitroso groups, excluding NO2 is 1. The third-order valence-corrected chi connectivity index (χ3v) is 1.33. The molecule has 1 fully saturated rings. The van der Waals surface area contributed by atoms with Gasteiger partial charge in [-0.15, -0.1) is 4.91 Å². The van der Waals surface area contributed by atoms with E-state index in [1.165, 1.54) is 5.01 Å². The Labute approximate surface area is 47.8 Å². The number of hydrogen-bond donors (Lipinski definition) is 1. The highest BCUT2D eigenvalue weighted by molar-refractivity contribution is 4.69. The molecule has 0 bridgehead atoms. The van der Waals surface area contributed by atoms with Crippen molar-refractivity contribution in [1.82, 2.24) is 10.3 Å². The molecule has 1 N–H and O–H groups in total. The van der Waals surface area contributed by atoms with Crippen molar-refractivity contribution in [3.05, 3.63) is 4.91 Å². The predicted molar refractivity (Wildman–Crippen MR) is 30.0 cm³/mol. The van der Waals surface area contributed by atoms with E-state index in [4.69, 9.17) is 0 Å². The molecule has 1 heterocycles. The molecule has 1 unspecified atom stereocenters. The molecule has 1 aliphatic heterocycles. The molecule has 0 spiro atoms. The summed E-state index contributed by atoms with van der Waals surface area (Å²) in [5.74, 6) is 0. The molecule has 4 heteroatoms. The zero-order chi connectivity index (χ0) is 5.98. The van der Waals surface area contributed by atoms with E-state index in [0.29, 0.717) is 0 Å². The van der Waals surface area contributed by atoms with Crippen LogP contribution in [0.1, 0.15) is 6.92 Å². The third-order valence-electron chi connectivity index (χ3n) is 1.33. The first kappa shape index (κ1) is 5.50. The lowest BCUT2D eigenvalue weighted by molar-refractivity contribution is 0.267. The first-order valence-electron chi connectivity index (χ1n) is 2.68. The smallest absolute Gasteiger partial charge is 0.0969 e. The van der Waals surface area contributed by atoms with Gasteiger partial charge in [0, 0.05) is 6.54 Å². The van der Waals surface area contributed by atoms with E-state index >= 15 is 0 Å². The molecule has 0 amide bonds. The fraction of sp³-hybridized carbons (Fsp3) is 1.00. The van der Waals surface area contributed by atoms with Crippen molar-refractivity contribution in [2.24, 2.45) is 5.29 Å². The van der Waals surface area contributed by atoms with Crippen LogP contribution in [0.3, 0.4) is 0 Å². The molecule has 0 aromatic heterocycles. The average Bonchev–Trinajstić information content (AvgIpc) is 2.14. The molecular formula is C4H9N3O. The Morgan fingerprint density at radius 1 is 1.88 bits per heavy atom. The molecule has 8 heavy (non-hydrogen) atoms. The minimum atomic E-state index is 0.132. The second-order valence-electron chi connectivity index (χ2n) is 1.87. The topological polar surface area (TPSA) is 44.7 Å². The average molecular weight is 115 g/mol. The van der Waals surface area contributed by atoms with Gasteiger partial charge < -0.3 is 0 Å². The Balaban J connectivity index is 2.41. The van der Waals surface area contributed by atoms with Crippen LogP contribution in [0.15, 0.2) is 5.29 Å². The van der Waals surface area contributed by atoms with Gasteiger partial charge in [-0.3, -0.25) is 5.32 Å². The highest BCUT2D eigenvalue weighted by atomic mass is 16.3. The van der Waals surface area contributed by atoms with Gasteiger partial charge in [0.2, 0.25) is 0 Å². The molecule has 1 aliphatic rings. The van der Waals surface area contributed by atoms with Gasteiger partial charge in [0.15, 0.2) is 0 Å². The normalized spacial score (nSPS) is 28.6. The maximum atomic E-state index is 9.85. The van der Waals surface area contributed by atoms with Gasteiger partial charge in [0.25, 0.3) is 0 Å². The molecule has 0 aromatic rings. The van der Waals surface area contributed by atoms with E-state index in [1.54, 1.807) is 0 Å². The molecule has 0 radical (unpaired) electrons. The quantitative estimate of drug-likeness (QED) is 0.486. The standard InChI is InChI=1S/C4H9N3O/c1-4-5-2-3-7(4)6-8/h4-5H,2-3H2,1H3. The fourth-order valence-electron chi connectivity index (χ4n) is 0.799. The van der Waals surface area contributed by atoms with Gasteiger partial charge in [0.1, 0.15) is 0 Å². The van der Waals surface area contributed by atoms with Gasteiger partial charge in [-0.2, -0.15) is 0 Å². The van der Waals surface area contributed by atoms with Crippen molar-refractivity contribution >= 4 is 0 Å². The largest absolute Gasteiger partial charge is 0.294 e. The molecular weight excluding hydrogens is 106 g/mol. The van der Waals surface area contributed by atoms with Gasteiger partial charge >= 0.3 is 0 Å². The molecule has 0 saturated carbocycles. The van der Waals surface area contributed by atoms with Crippen LogP contribution in [0.4, 0.5) is 0 Å². The van der Waals surface area contributed by atoms with E-state index in [1.807, 2.05) is 6.92 Å². The van der Waals surface area contributed by atoms with Crippen molar-refractivity contribution in [1.29, 1.82) is 0 Å². The summed E-state index contributed by atoms with van der Waals surface area (Å²) in [7, 11) is 0. The minimum Gasteiger partial charge on any atom is -0.294 e. The number of nitrogens with one attached hydrogen (secondary N) is 1. The second kappa shape index (κ2) is 2.09. The van der Waals surface area contributed by atoms with Crippen molar-refractivity contribution in [3.63, 3.8) is 0 Å². The maximum absolute atomic E-state index is 9.85. The summed E-state index contributed by atoms with van der Waals surface area (Å²) >= 11 is 0. The molecule has 0 aliphatic carbocycles. The summed E-state index contributed by atoms with van der Waals surface area (Å²) in [6.45, 7) is 3.52. The molecule has 1 saturated heterocycles. The summed E-state index contributed by atoms with van der Waals surface area (Å²) in [4.78, 5) is 9.85. The monoisotopic (exact) mass is 115 g/mol. The second-order valence-corrected chi connectivity index (χ2v) is 1.87. The van der Waals surface area contributed by atoms with Crippen molar-refractivity contribution < 1.29 is 0 Å². The fourth-order valence-corrected chi connectivity index (χ4v) is 0.799. The van der Waals surface area contributed by atoms with Crippen LogP contribution < -0.4 is 5.32 Å². The summed E-state index contributed by atoms with van der Waals surface area (Å²) in [5, 5.41) is 7.33. The van der Waals surface area contributed by atoms with Gasteiger partial charge in [-0.25, -0.2) is 5.01 Å². The molecule has 1 rings (SSSR count). The maximum Gasteiger partial charge on any atom is 0.0969 e. The molecule has 46 valence electrons. The van der Waals surface area contributed by atoms with Crippen LogP contribution in [0.2, 0.25) is 0 Å². The summed E-state index contributed by atoms with van der Waals surface area (Å²) in [6, 6.07) is 0. The Morgan fingerprint density at radius 2 is 2.62 bits per heavy atom. The van der Waals surface area contributed by atoms with E-state index in [9.17, 15) is 4.91 Å². The Morgan fingerprint density at radius 3 is 2.88 bits per heavy atom. The summed E-state index contributed by atoms with van der Waals surface area (Å²) in [6.07, 6.45) is 0.132. The van der Waals surface area contributed by atoms with Crippen molar-refractivity contribution in [2.45, 2.75) is 13.1 Å². The summed E-state index contributed by atoms with van der Waals surface area (Å²) in [5.41, 5.74) is 0. The van der Waals surface area contributed by atoms with Crippen LogP contribution in [0.5, 0.6) is 0 Å². The predicted octanol–water partition coefficient (Wildman–Crippen LogP) is -0.0810. The number of nitrogens with zero attached hydrogens (tertiary/aromatic N) is 2. The lowest BCUT2D eigenvalue weighted by Crippen LogP contribution is -2.27. The highest BCUT2D eigenvalue weighted by Gasteiger charge is 2.17. The number of rotatable bonds is 1.